The third-order valence-electron chi connectivity index (χ3n) is 7.60. The minimum atomic E-state index is -0.784. The summed E-state index contributed by atoms with van der Waals surface area (Å²) in [4.78, 5) is 15.6. The van der Waals surface area contributed by atoms with Gasteiger partial charge in [-0.2, -0.15) is 0 Å². The normalized spacial score (nSPS) is 15.4. The highest BCUT2D eigenvalue weighted by atomic mass is 19.1. The molecule has 0 radical (unpaired) electrons. The summed E-state index contributed by atoms with van der Waals surface area (Å²) in [6.07, 6.45) is 3.48. The van der Waals surface area contributed by atoms with E-state index in [2.05, 4.69) is 31.7 Å². The maximum atomic E-state index is 15.0. The van der Waals surface area contributed by atoms with Crippen LogP contribution in [0.2, 0.25) is 0 Å². The SMILES string of the molecule is Cc1cc(F)ccc1-c1cc(C2CCN(C(C)(C)C)CC2)cc2c(-c3c(F)cccc3F)c(=O)ccn12. The van der Waals surface area contributed by atoms with Gasteiger partial charge >= 0.3 is 0 Å². The molecule has 0 N–H and O–H groups in total. The van der Waals surface area contributed by atoms with E-state index in [9.17, 15) is 18.0 Å². The van der Waals surface area contributed by atoms with Gasteiger partial charge in [0.1, 0.15) is 17.5 Å². The Hall–Kier alpha value is -3.38. The number of hydrogen-bond donors (Lipinski definition) is 0. The summed E-state index contributed by atoms with van der Waals surface area (Å²) in [7, 11) is 0. The molecule has 2 aromatic carbocycles. The summed E-state index contributed by atoms with van der Waals surface area (Å²) < 4.78 is 45.7. The maximum absolute atomic E-state index is 15.0. The Bertz CT molecular complexity index is 1520. The van der Waals surface area contributed by atoms with Crippen LogP contribution in [0.5, 0.6) is 0 Å². The number of aryl methyl sites for hydroxylation is 1. The summed E-state index contributed by atoms with van der Waals surface area (Å²) in [6.45, 7) is 10.3. The molecule has 1 aliphatic heterocycles. The monoisotopic (exact) mass is 504 g/mol. The Morgan fingerprint density at radius 1 is 0.865 bits per heavy atom. The number of rotatable bonds is 3. The second-order valence-electron chi connectivity index (χ2n) is 11.0. The van der Waals surface area contributed by atoms with E-state index in [0.29, 0.717) is 5.52 Å². The van der Waals surface area contributed by atoms with Crippen LogP contribution in [0.1, 0.15) is 50.7 Å². The highest BCUT2D eigenvalue weighted by Gasteiger charge is 2.29. The van der Waals surface area contributed by atoms with Crippen LogP contribution < -0.4 is 5.43 Å². The molecule has 0 unspecified atom stereocenters. The van der Waals surface area contributed by atoms with Crippen molar-refractivity contribution in [3.05, 3.63) is 99.6 Å². The summed E-state index contributed by atoms with van der Waals surface area (Å²) in [6, 6.07) is 13.5. The van der Waals surface area contributed by atoms with Crippen LogP contribution in [0.25, 0.3) is 27.9 Å². The fourth-order valence-corrected chi connectivity index (χ4v) is 5.56. The Kier molecular flexibility index (Phi) is 6.48. The maximum Gasteiger partial charge on any atom is 0.190 e. The lowest BCUT2D eigenvalue weighted by Crippen LogP contribution is -2.45. The molecule has 0 saturated carbocycles. The molecule has 0 bridgehead atoms. The van der Waals surface area contributed by atoms with E-state index in [1.54, 1.807) is 16.7 Å². The molecule has 0 atom stereocenters. The number of piperidine rings is 1. The summed E-state index contributed by atoms with van der Waals surface area (Å²) in [5.74, 6) is -1.68. The standard InChI is InChI=1S/C31H31F3N2O/c1-19-16-22(32)8-9-23(19)26-17-21(20-10-13-35(14-11-20)31(2,3)4)18-27-30(28(37)12-15-36(26)27)29-24(33)6-5-7-25(29)34/h5-9,12,15-18,20H,10-11,13-14H2,1-4H3. The number of hydrogen-bond acceptors (Lipinski definition) is 2. The molecule has 2 aromatic heterocycles. The highest BCUT2D eigenvalue weighted by Crippen LogP contribution is 2.37. The molecular formula is C31H31F3N2O. The number of aromatic nitrogens is 1. The first kappa shape index (κ1) is 25.3. The molecule has 1 fully saturated rings. The molecule has 6 heteroatoms. The van der Waals surface area contributed by atoms with Gasteiger partial charge in [-0.3, -0.25) is 9.69 Å². The summed E-state index contributed by atoms with van der Waals surface area (Å²) in [5, 5.41) is 0. The third kappa shape index (κ3) is 4.71. The van der Waals surface area contributed by atoms with Crippen molar-refractivity contribution in [1.29, 1.82) is 0 Å². The first-order valence-electron chi connectivity index (χ1n) is 12.7. The predicted molar refractivity (Wildman–Crippen MR) is 142 cm³/mol. The Balaban J connectivity index is 1.77. The molecule has 0 amide bonds. The topological polar surface area (TPSA) is 24.7 Å². The zero-order valence-corrected chi connectivity index (χ0v) is 21.6. The van der Waals surface area contributed by atoms with Crippen LogP contribution >= 0.6 is 0 Å². The van der Waals surface area contributed by atoms with E-state index >= 15 is 0 Å². The van der Waals surface area contributed by atoms with Gasteiger partial charge < -0.3 is 4.40 Å². The summed E-state index contributed by atoms with van der Waals surface area (Å²) >= 11 is 0. The quantitative estimate of drug-likeness (QED) is 0.292. The second kappa shape index (κ2) is 9.49. The molecule has 1 saturated heterocycles. The van der Waals surface area contributed by atoms with Gasteiger partial charge in [0.05, 0.1) is 22.3 Å². The smallest absolute Gasteiger partial charge is 0.190 e. The third-order valence-corrected chi connectivity index (χ3v) is 7.60. The van der Waals surface area contributed by atoms with Crippen molar-refractivity contribution in [3.63, 3.8) is 0 Å². The largest absolute Gasteiger partial charge is 0.316 e. The number of benzene rings is 2. The molecule has 5 rings (SSSR count). The van der Waals surface area contributed by atoms with Crippen LogP contribution in [-0.4, -0.2) is 27.9 Å². The van der Waals surface area contributed by atoms with Gasteiger partial charge in [-0.05, 0) is 113 Å². The van der Waals surface area contributed by atoms with Crippen molar-refractivity contribution in [3.8, 4) is 22.4 Å². The molecule has 4 aromatic rings. The molecule has 3 nitrogen and oxygen atoms in total. The molecule has 3 heterocycles. The van der Waals surface area contributed by atoms with Gasteiger partial charge in [-0.25, -0.2) is 13.2 Å². The minimum Gasteiger partial charge on any atom is -0.316 e. The number of pyridine rings is 2. The van der Waals surface area contributed by atoms with Crippen LogP contribution in [0.3, 0.4) is 0 Å². The van der Waals surface area contributed by atoms with Gasteiger partial charge in [0, 0.05) is 23.4 Å². The lowest BCUT2D eigenvalue weighted by Gasteiger charge is -2.41. The lowest BCUT2D eigenvalue weighted by atomic mass is 9.86. The number of nitrogens with zero attached hydrogens (tertiary/aromatic N) is 2. The molecule has 37 heavy (non-hydrogen) atoms. The lowest BCUT2D eigenvalue weighted by molar-refractivity contribution is 0.102. The fourth-order valence-electron chi connectivity index (χ4n) is 5.56. The van der Waals surface area contributed by atoms with E-state index in [0.717, 1.165) is 48.3 Å². The van der Waals surface area contributed by atoms with Gasteiger partial charge in [0.2, 0.25) is 0 Å². The van der Waals surface area contributed by atoms with Crippen molar-refractivity contribution in [2.75, 3.05) is 13.1 Å². The van der Waals surface area contributed by atoms with Gasteiger partial charge in [-0.1, -0.05) is 6.07 Å². The van der Waals surface area contributed by atoms with E-state index in [1.165, 1.54) is 36.4 Å². The van der Waals surface area contributed by atoms with E-state index < -0.39 is 17.1 Å². The Morgan fingerprint density at radius 2 is 1.54 bits per heavy atom. The van der Waals surface area contributed by atoms with Crippen LogP contribution in [0.4, 0.5) is 13.2 Å². The highest BCUT2D eigenvalue weighted by molar-refractivity contribution is 5.84. The Labute approximate surface area is 215 Å². The van der Waals surface area contributed by atoms with Gasteiger partial charge in [0.15, 0.2) is 5.43 Å². The van der Waals surface area contributed by atoms with Crippen molar-refractivity contribution >= 4 is 5.52 Å². The van der Waals surface area contributed by atoms with Crippen LogP contribution in [0.15, 0.2) is 65.6 Å². The van der Waals surface area contributed by atoms with Gasteiger partial charge in [-0.15, -0.1) is 0 Å². The average Bonchev–Trinajstić information content (AvgIpc) is 2.84. The first-order valence-corrected chi connectivity index (χ1v) is 12.7. The van der Waals surface area contributed by atoms with Crippen LogP contribution in [0, 0.1) is 24.4 Å². The van der Waals surface area contributed by atoms with E-state index in [4.69, 9.17) is 0 Å². The fraction of sp³-hybridized carbons (Fsp3) is 0.323. The Morgan fingerprint density at radius 3 is 2.16 bits per heavy atom. The van der Waals surface area contributed by atoms with E-state index in [1.807, 2.05) is 13.0 Å². The van der Waals surface area contributed by atoms with Crippen molar-refractivity contribution in [2.24, 2.45) is 0 Å². The first-order chi connectivity index (χ1) is 17.5. The van der Waals surface area contributed by atoms with Crippen LogP contribution in [-0.2, 0) is 0 Å². The second-order valence-corrected chi connectivity index (χ2v) is 11.0. The number of likely N-dealkylation sites (tertiary alicyclic amines) is 1. The molecule has 0 aliphatic carbocycles. The van der Waals surface area contributed by atoms with Gasteiger partial charge in [0.25, 0.3) is 0 Å². The molecule has 192 valence electrons. The van der Waals surface area contributed by atoms with Crippen molar-refractivity contribution in [1.82, 2.24) is 9.30 Å². The van der Waals surface area contributed by atoms with Crippen molar-refractivity contribution in [2.45, 2.75) is 52.0 Å². The summed E-state index contributed by atoms with van der Waals surface area (Å²) in [5.41, 5.74) is 3.02. The number of halogens is 3. The average molecular weight is 505 g/mol. The zero-order valence-electron chi connectivity index (χ0n) is 21.6. The number of fused-ring (bicyclic) bond motifs is 1. The zero-order chi connectivity index (χ0) is 26.5. The molecule has 1 aliphatic rings. The van der Waals surface area contributed by atoms with Crippen molar-refractivity contribution < 1.29 is 13.2 Å². The molecular weight excluding hydrogens is 473 g/mol. The minimum absolute atomic E-state index is 0.00640. The molecule has 0 spiro atoms. The van der Waals surface area contributed by atoms with E-state index in [-0.39, 0.29) is 28.4 Å². The predicted octanol–water partition coefficient (Wildman–Crippen LogP) is 7.34.